The van der Waals surface area contributed by atoms with Gasteiger partial charge in [0.1, 0.15) is 11.5 Å². The van der Waals surface area contributed by atoms with E-state index >= 15 is 0 Å². The molecule has 2 aliphatic heterocycles. The van der Waals surface area contributed by atoms with Gasteiger partial charge in [-0.15, -0.1) is 11.3 Å². The van der Waals surface area contributed by atoms with Crippen LogP contribution in [-0.4, -0.2) is 72.6 Å². The zero-order valence-corrected chi connectivity index (χ0v) is 20.6. The Hall–Kier alpha value is -2.68. The molecular formula is C26H32N2O5S. The van der Waals surface area contributed by atoms with Crippen LogP contribution in [-0.2, 0) is 14.3 Å². The summed E-state index contributed by atoms with van der Waals surface area (Å²) in [4.78, 5) is 30.9. The van der Waals surface area contributed by atoms with Gasteiger partial charge in [0.25, 0.3) is 11.7 Å². The van der Waals surface area contributed by atoms with Crippen LogP contribution >= 0.6 is 11.3 Å². The Morgan fingerprint density at radius 2 is 1.88 bits per heavy atom. The number of morpholine rings is 1. The summed E-state index contributed by atoms with van der Waals surface area (Å²) in [6, 6.07) is 10.2. The average Bonchev–Trinajstić information content (AvgIpc) is 3.46. The number of Topliss-reactive ketones (excluding diaryl/α,β-unsaturated/α-hetero) is 1. The maximum Gasteiger partial charge on any atom is 0.295 e. The van der Waals surface area contributed by atoms with E-state index in [4.69, 9.17) is 9.47 Å². The largest absolute Gasteiger partial charge is 0.507 e. The summed E-state index contributed by atoms with van der Waals surface area (Å²) in [5.41, 5.74) is 0.638. The molecular weight excluding hydrogens is 452 g/mol. The van der Waals surface area contributed by atoms with Crippen LogP contribution < -0.4 is 4.74 Å². The number of rotatable bonds is 9. The van der Waals surface area contributed by atoms with E-state index in [1.807, 2.05) is 17.5 Å². The standard InChI is InChI=1S/C26H32N2O5S/c1-18(2)17-33-20-8-6-19(7-9-20)24(29)22-23(21-5-3-16-34-21)28(26(31)25(22)30)11-4-10-27-12-14-32-15-13-27/h3,5-9,16,18,23,29H,4,10-15,17H2,1-2H3/t23-/m1/s1. The first kappa shape index (κ1) is 24.4. The molecule has 2 fully saturated rings. The molecule has 0 saturated carbocycles. The maximum absolute atomic E-state index is 13.1. The summed E-state index contributed by atoms with van der Waals surface area (Å²) in [7, 11) is 0. The Balaban J connectivity index is 1.56. The molecule has 1 N–H and O–H groups in total. The first-order chi connectivity index (χ1) is 16.5. The molecule has 0 spiro atoms. The minimum atomic E-state index is -0.637. The molecule has 182 valence electrons. The minimum Gasteiger partial charge on any atom is -0.507 e. The topological polar surface area (TPSA) is 79.3 Å². The van der Waals surface area contributed by atoms with Gasteiger partial charge in [-0.1, -0.05) is 19.9 Å². The third-order valence-corrected chi connectivity index (χ3v) is 6.97. The fourth-order valence-electron chi connectivity index (χ4n) is 4.27. The average molecular weight is 485 g/mol. The lowest BCUT2D eigenvalue weighted by atomic mass is 10.00. The van der Waals surface area contributed by atoms with Gasteiger partial charge in [0.15, 0.2) is 0 Å². The number of hydrogen-bond donors (Lipinski definition) is 1. The molecule has 1 amide bonds. The molecule has 3 heterocycles. The zero-order valence-electron chi connectivity index (χ0n) is 19.7. The van der Waals surface area contributed by atoms with Crippen molar-refractivity contribution >= 4 is 28.8 Å². The lowest BCUT2D eigenvalue weighted by Crippen LogP contribution is -2.38. The van der Waals surface area contributed by atoms with Crippen LogP contribution in [0, 0.1) is 5.92 Å². The second kappa shape index (κ2) is 11.2. The van der Waals surface area contributed by atoms with Gasteiger partial charge >= 0.3 is 0 Å². The normalized spacial score (nSPS) is 20.9. The molecule has 2 aliphatic rings. The number of ketones is 1. The summed E-state index contributed by atoms with van der Waals surface area (Å²) in [5.74, 6) is -0.245. The predicted octanol–water partition coefficient (Wildman–Crippen LogP) is 3.93. The summed E-state index contributed by atoms with van der Waals surface area (Å²) in [6.45, 7) is 9.23. The molecule has 34 heavy (non-hydrogen) atoms. The number of ether oxygens (including phenoxy) is 2. The molecule has 0 radical (unpaired) electrons. The van der Waals surface area contributed by atoms with Gasteiger partial charge in [-0.2, -0.15) is 0 Å². The Kier molecular flexibility index (Phi) is 8.03. The van der Waals surface area contributed by atoms with Gasteiger partial charge in [0, 0.05) is 36.6 Å². The highest BCUT2D eigenvalue weighted by molar-refractivity contribution is 7.10. The lowest BCUT2D eigenvalue weighted by Gasteiger charge is -2.28. The molecule has 0 bridgehead atoms. The van der Waals surface area contributed by atoms with Crippen molar-refractivity contribution in [3.8, 4) is 5.75 Å². The highest BCUT2D eigenvalue weighted by Crippen LogP contribution is 2.41. The Morgan fingerprint density at radius 3 is 2.53 bits per heavy atom. The minimum absolute atomic E-state index is 0.148. The van der Waals surface area contributed by atoms with E-state index in [0.717, 1.165) is 44.1 Å². The van der Waals surface area contributed by atoms with Gasteiger partial charge in [-0.3, -0.25) is 14.5 Å². The Labute approximate surface area is 204 Å². The molecule has 4 rings (SSSR count). The smallest absolute Gasteiger partial charge is 0.295 e. The number of aliphatic hydroxyl groups is 1. The lowest BCUT2D eigenvalue weighted by molar-refractivity contribution is -0.140. The highest BCUT2D eigenvalue weighted by atomic mass is 32.1. The number of nitrogens with zero attached hydrogens (tertiary/aromatic N) is 2. The second-order valence-electron chi connectivity index (χ2n) is 9.04. The van der Waals surface area contributed by atoms with Crippen molar-refractivity contribution in [3.63, 3.8) is 0 Å². The van der Waals surface area contributed by atoms with Crippen LogP contribution in [0.25, 0.3) is 5.76 Å². The number of carbonyl (C=O) groups is 2. The zero-order chi connectivity index (χ0) is 24.1. The summed E-state index contributed by atoms with van der Waals surface area (Å²) < 4.78 is 11.1. The molecule has 1 aromatic heterocycles. The Bertz CT molecular complexity index is 1010. The fraction of sp³-hybridized carbons (Fsp3) is 0.462. The molecule has 0 unspecified atom stereocenters. The van der Waals surface area contributed by atoms with E-state index in [1.54, 1.807) is 29.2 Å². The monoisotopic (exact) mass is 484 g/mol. The molecule has 2 aromatic rings. The Morgan fingerprint density at radius 1 is 1.15 bits per heavy atom. The number of carbonyl (C=O) groups excluding carboxylic acids is 2. The third kappa shape index (κ3) is 5.51. The number of thiophene rings is 1. The second-order valence-corrected chi connectivity index (χ2v) is 10.0. The van der Waals surface area contributed by atoms with E-state index in [1.165, 1.54) is 11.3 Å². The van der Waals surface area contributed by atoms with Crippen molar-refractivity contribution < 1.29 is 24.2 Å². The van der Waals surface area contributed by atoms with Crippen LogP contribution in [0.5, 0.6) is 5.75 Å². The van der Waals surface area contributed by atoms with Crippen molar-refractivity contribution in [1.29, 1.82) is 0 Å². The van der Waals surface area contributed by atoms with Crippen LogP contribution in [0.3, 0.4) is 0 Å². The number of aliphatic hydroxyl groups excluding tert-OH is 1. The van der Waals surface area contributed by atoms with E-state index in [9.17, 15) is 14.7 Å². The summed E-state index contributed by atoms with van der Waals surface area (Å²) in [6.07, 6.45) is 0.747. The van der Waals surface area contributed by atoms with E-state index in [2.05, 4.69) is 18.7 Å². The van der Waals surface area contributed by atoms with Crippen LogP contribution in [0.1, 0.15) is 36.8 Å². The van der Waals surface area contributed by atoms with Gasteiger partial charge in [0.2, 0.25) is 0 Å². The third-order valence-electron chi connectivity index (χ3n) is 6.04. The first-order valence-electron chi connectivity index (χ1n) is 11.8. The van der Waals surface area contributed by atoms with Crippen LogP contribution in [0.4, 0.5) is 0 Å². The number of benzene rings is 1. The SMILES string of the molecule is CC(C)COc1ccc(C(O)=C2C(=O)C(=O)N(CCCN3CCOCC3)[C@@H]2c2cccs2)cc1. The van der Waals surface area contributed by atoms with Crippen molar-refractivity contribution in [2.24, 2.45) is 5.92 Å². The van der Waals surface area contributed by atoms with Crippen molar-refractivity contribution in [1.82, 2.24) is 9.80 Å². The van der Waals surface area contributed by atoms with E-state index in [-0.39, 0.29) is 11.3 Å². The van der Waals surface area contributed by atoms with Gasteiger partial charge in [0.05, 0.1) is 31.4 Å². The molecule has 8 heteroatoms. The van der Waals surface area contributed by atoms with Gasteiger partial charge < -0.3 is 19.5 Å². The van der Waals surface area contributed by atoms with Crippen molar-refractivity contribution in [2.75, 3.05) is 46.0 Å². The van der Waals surface area contributed by atoms with Crippen molar-refractivity contribution in [3.05, 3.63) is 57.8 Å². The first-order valence-corrected chi connectivity index (χ1v) is 12.7. The number of likely N-dealkylation sites (tertiary alicyclic amines) is 1. The van der Waals surface area contributed by atoms with Crippen molar-refractivity contribution in [2.45, 2.75) is 26.3 Å². The van der Waals surface area contributed by atoms with Crippen LogP contribution in [0.15, 0.2) is 47.4 Å². The van der Waals surface area contributed by atoms with E-state index < -0.39 is 17.7 Å². The quantitative estimate of drug-likeness (QED) is 0.330. The highest BCUT2D eigenvalue weighted by Gasteiger charge is 2.46. The molecule has 1 aromatic carbocycles. The number of amides is 1. The van der Waals surface area contributed by atoms with Gasteiger partial charge in [-0.25, -0.2) is 0 Å². The fourth-order valence-corrected chi connectivity index (χ4v) is 5.12. The number of hydrogen-bond acceptors (Lipinski definition) is 7. The molecule has 1 atom stereocenters. The predicted molar refractivity (Wildman–Crippen MR) is 132 cm³/mol. The summed E-state index contributed by atoms with van der Waals surface area (Å²) in [5, 5.41) is 13.1. The molecule has 2 saturated heterocycles. The van der Waals surface area contributed by atoms with E-state index in [0.29, 0.717) is 30.4 Å². The molecule has 0 aliphatic carbocycles. The molecule has 7 nitrogen and oxygen atoms in total. The van der Waals surface area contributed by atoms with Gasteiger partial charge in [-0.05, 0) is 48.1 Å². The van der Waals surface area contributed by atoms with Crippen LogP contribution in [0.2, 0.25) is 0 Å². The maximum atomic E-state index is 13.1. The summed E-state index contributed by atoms with van der Waals surface area (Å²) >= 11 is 1.48.